The van der Waals surface area contributed by atoms with Gasteiger partial charge in [0.15, 0.2) is 0 Å². The molecular formula is C12H15NO. The van der Waals surface area contributed by atoms with E-state index in [0.717, 1.165) is 12.3 Å². The molecule has 0 radical (unpaired) electrons. The molecule has 0 aromatic heterocycles. The van der Waals surface area contributed by atoms with Gasteiger partial charge >= 0.3 is 0 Å². The zero-order valence-electron chi connectivity index (χ0n) is 8.42. The van der Waals surface area contributed by atoms with Crippen LogP contribution in [0.3, 0.4) is 0 Å². The first-order valence-corrected chi connectivity index (χ1v) is 4.66. The summed E-state index contributed by atoms with van der Waals surface area (Å²) in [7, 11) is 1.93. The molecule has 14 heavy (non-hydrogen) atoms. The molecule has 74 valence electrons. The van der Waals surface area contributed by atoms with Gasteiger partial charge in [-0.05, 0) is 24.7 Å². The standard InChI is InChI=1S/C12H15NO/c1-3-4-9-14-12-7-5-11(6-8-12)10-13-2/h1,5-8,13H,4,9-10H2,2H3. The molecule has 2 nitrogen and oxygen atoms in total. The fourth-order valence-electron chi connectivity index (χ4n) is 1.14. The summed E-state index contributed by atoms with van der Waals surface area (Å²) in [6, 6.07) is 8.01. The Morgan fingerprint density at radius 2 is 2.07 bits per heavy atom. The van der Waals surface area contributed by atoms with Crippen molar-refractivity contribution in [2.24, 2.45) is 0 Å². The minimum absolute atomic E-state index is 0.585. The molecule has 0 fully saturated rings. The maximum absolute atomic E-state index is 5.42. The lowest BCUT2D eigenvalue weighted by atomic mass is 10.2. The van der Waals surface area contributed by atoms with E-state index in [1.54, 1.807) is 0 Å². The quantitative estimate of drug-likeness (QED) is 0.563. The van der Waals surface area contributed by atoms with E-state index < -0.39 is 0 Å². The van der Waals surface area contributed by atoms with E-state index in [9.17, 15) is 0 Å². The fourth-order valence-corrected chi connectivity index (χ4v) is 1.14. The third-order valence-electron chi connectivity index (χ3n) is 1.82. The zero-order valence-corrected chi connectivity index (χ0v) is 8.42. The number of rotatable bonds is 5. The van der Waals surface area contributed by atoms with Crippen LogP contribution in [-0.4, -0.2) is 13.7 Å². The highest BCUT2D eigenvalue weighted by atomic mass is 16.5. The topological polar surface area (TPSA) is 21.3 Å². The van der Waals surface area contributed by atoms with Crippen LogP contribution in [0.25, 0.3) is 0 Å². The summed E-state index contributed by atoms with van der Waals surface area (Å²) in [6.07, 6.45) is 5.77. The van der Waals surface area contributed by atoms with Crippen LogP contribution in [0.15, 0.2) is 24.3 Å². The Balaban J connectivity index is 2.43. The SMILES string of the molecule is C#CCCOc1ccc(CNC)cc1. The summed E-state index contributed by atoms with van der Waals surface area (Å²) in [5, 5.41) is 3.09. The monoisotopic (exact) mass is 189 g/mol. The van der Waals surface area contributed by atoms with Crippen LogP contribution in [0.1, 0.15) is 12.0 Å². The summed E-state index contributed by atoms with van der Waals surface area (Å²) >= 11 is 0. The lowest BCUT2D eigenvalue weighted by Crippen LogP contribution is -2.04. The molecule has 2 heteroatoms. The smallest absolute Gasteiger partial charge is 0.119 e. The fraction of sp³-hybridized carbons (Fsp3) is 0.333. The molecule has 0 aliphatic carbocycles. The Hall–Kier alpha value is -1.46. The van der Waals surface area contributed by atoms with Crippen LogP contribution in [0.5, 0.6) is 5.75 Å². The van der Waals surface area contributed by atoms with Gasteiger partial charge in [-0.2, -0.15) is 0 Å². The van der Waals surface area contributed by atoms with E-state index in [1.807, 2.05) is 31.3 Å². The van der Waals surface area contributed by atoms with Crippen molar-refractivity contribution in [2.75, 3.05) is 13.7 Å². The maximum Gasteiger partial charge on any atom is 0.119 e. The first-order valence-electron chi connectivity index (χ1n) is 4.66. The van der Waals surface area contributed by atoms with Crippen molar-refractivity contribution in [2.45, 2.75) is 13.0 Å². The number of ether oxygens (including phenoxy) is 1. The van der Waals surface area contributed by atoms with Gasteiger partial charge in [0.05, 0.1) is 6.61 Å². The second-order valence-corrected chi connectivity index (χ2v) is 2.98. The zero-order chi connectivity index (χ0) is 10.2. The summed E-state index contributed by atoms with van der Waals surface area (Å²) in [4.78, 5) is 0. The Labute approximate surface area is 85.3 Å². The van der Waals surface area contributed by atoms with Crippen molar-refractivity contribution < 1.29 is 4.74 Å². The minimum atomic E-state index is 0.585. The average molecular weight is 189 g/mol. The van der Waals surface area contributed by atoms with Gasteiger partial charge in [0, 0.05) is 13.0 Å². The van der Waals surface area contributed by atoms with Gasteiger partial charge in [-0.3, -0.25) is 0 Å². The number of hydrogen-bond donors (Lipinski definition) is 1. The molecule has 1 aromatic rings. The lowest BCUT2D eigenvalue weighted by molar-refractivity contribution is 0.327. The molecule has 0 amide bonds. The van der Waals surface area contributed by atoms with Crippen molar-refractivity contribution in [1.82, 2.24) is 5.32 Å². The second kappa shape index (κ2) is 6.06. The number of benzene rings is 1. The molecule has 0 saturated heterocycles. The molecule has 0 heterocycles. The van der Waals surface area contributed by atoms with Crippen LogP contribution >= 0.6 is 0 Å². The van der Waals surface area contributed by atoms with Gasteiger partial charge in [-0.1, -0.05) is 12.1 Å². The Bertz CT molecular complexity index is 297. The molecular weight excluding hydrogens is 174 g/mol. The van der Waals surface area contributed by atoms with Crippen molar-refractivity contribution >= 4 is 0 Å². The third-order valence-corrected chi connectivity index (χ3v) is 1.82. The van der Waals surface area contributed by atoms with Crippen molar-refractivity contribution in [3.8, 4) is 18.1 Å². The van der Waals surface area contributed by atoms with Crippen LogP contribution in [-0.2, 0) is 6.54 Å². The van der Waals surface area contributed by atoms with Crippen LogP contribution in [0.2, 0.25) is 0 Å². The van der Waals surface area contributed by atoms with Gasteiger partial charge in [0.25, 0.3) is 0 Å². The molecule has 0 spiro atoms. The predicted molar refractivity (Wildman–Crippen MR) is 58.2 cm³/mol. The van der Waals surface area contributed by atoms with Gasteiger partial charge in [-0.15, -0.1) is 12.3 Å². The molecule has 0 aliphatic rings. The summed E-state index contributed by atoms with van der Waals surface area (Å²) in [5.74, 6) is 3.41. The van der Waals surface area contributed by atoms with Crippen molar-refractivity contribution in [3.63, 3.8) is 0 Å². The Morgan fingerprint density at radius 3 is 2.64 bits per heavy atom. The van der Waals surface area contributed by atoms with E-state index in [-0.39, 0.29) is 0 Å². The van der Waals surface area contributed by atoms with E-state index >= 15 is 0 Å². The maximum atomic E-state index is 5.42. The van der Waals surface area contributed by atoms with Gasteiger partial charge in [0.1, 0.15) is 5.75 Å². The summed E-state index contributed by atoms with van der Waals surface area (Å²) in [5.41, 5.74) is 1.25. The Kier molecular flexibility index (Phi) is 4.60. The van der Waals surface area contributed by atoms with Crippen molar-refractivity contribution in [1.29, 1.82) is 0 Å². The van der Waals surface area contributed by atoms with Crippen LogP contribution in [0.4, 0.5) is 0 Å². The predicted octanol–water partition coefficient (Wildman–Crippen LogP) is 1.81. The van der Waals surface area contributed by atoms with E-state index in [0.29, 0.717) is 13.0 Å². The van der Waals surface area contributed by atoms with Crippen LogP contribution < -0.4 is 10.1 Å². The first kappa shape index (κ1) is 10.6. The molecule has 0 unspecified atom stereocenters. The summed E-state index contributed by atoms with van der Waals surface area (Å²) < 4.78 is 5.42. The normalized spacial score (nSPS) is 9.43. The van der Waals surface area contributed by atoms with E-state index in [1.165, 1.54) is 5.56 Å². The first-order chi connectivity index (χ1) is 6.86. The van der Waals surface area contributed by atoms with Gasteiger partial charge in [0.2, 0.25) is 0 Å². The highest BCUT2D eigenvalue weighted by molar-refractivity contribution is 5.27. The lowest BCUT2D eigenvalue weighted by Gasteiger charge is -2.05. The minimum Gasteiger partial charge on any atom is -0.493 e. The van der Waals surface area contributed by atoms with Gasteiger partial charge in [-0.25, -0.2) is 0 Å². The highest BCUT2D eigenvalue weighted by Gasteiger charge is 1.93. The molecule has 1 N–H and O–H groups in total. The molecule has 1 rings (SSSR count). The summed E-state index contributed by atoms with van der Waals surface area (Å²) in [6.45, 7) is 1.46. The second-order valence-electron chi connectivity index (χ2n) is 2.98. The van der Waals surface area contributed by atoms with Crippen LogP contribution in [0, 0.1) is 12.3 Å². The molecule has 0 aliphatic heterocycles. The molecule has 1 aromatic carbocycles. The van der Waals surface area contributed by atoms with E-state index in [4.69, 9.17) is 11.2 Å². The number of hydrogen-bond acceptors (Lipinski definition) is 2. The van der Waals surface area contributed by atoms with E-state index in [2.05, 4.69) is 11.2 Å². The average Bonchev–Trinajstić information content (AvgIpc) is 2.21. The van der Waals surface area contributed by atoms with Gasteiger partial charge < -0.3 is 10.1 Å². The van der Waals surface area contributed by atoms with Crippen molar-refractivity contribution in [3.05, 3.63) is 29.8 Å². The third kappa shape index (κ3) is 3.51. The number of nitrogens with one attached hydrogen (secondary N) is 1. The number of terminal acetylenes is 1. The highest BCUT2D eigenvalue weighted by Crippen LogP contribution is 2.11. The largest absolute Gasteiger partial charge is 0.493 e. The molecule has 0 bridgehead atoms. The Morgan fingerprint density at radius 1 is 1.36 bits per heavy atom. The molecule has 0 atom stereocenters. The molecule has 0 saturated carbocycles.